The highest BCUT2D eigenvalue weighted by Crippen LogP contribution is 2.62. The van der Waals surface area contributed by atoms with Crippen molar-refractivity contribution in [1.29, 1.82) is 0 Å². The second-order valence-electron chi connectivity index (χ2n) is 10.3. The van der Waals surface area contributed by atoms with E-state index in [-0.39, 0.29) is 23.2 Å². The molecule has 3 aliphatic heterocycles. The van der Waals surface area contributed by atoms with Gasteiger partial charge in [0.1, 0.15) is 22.9 Å². The number of rotatable bonds is 5. The molecule has 1 saturated heterocycles. The van der Waals surface area contributed by atoms with Gasteiger partial charge >= 0.3 is 0 Å². The van der Waals surface area contributed by atoms with Crippen LogP contribution in [0.15, 0.2) is 103 Å². The summed E-state index contributed by atoms with van der Waals surface area (Å²) in [7, 11) is 1.54. The summed E-state index contributed by atoms with van der Waals surface area (Å²) in [6.45, 7) is 0. The van der Waals surface area contributed by atoms with Crippen LogP contribution in [0.2, 0.25) is 0 Å². The Balaban J connectivity index is 1.54. The molecule has 0 unspecified atom stereocenters. The largest absolute Gasteiger partial charge is 0.497 e. The number of para-hydroxylation sites is 1. The molecule has 7 heteroatoms. The molecule has 0 radical (unpaired) electrons. The summed E-state index contributed by atoms with van der Waals surface area (Å²) < 4.78 is 5.42. The van der Waals surface area contributed by atoms with Gasteiger partial charge in [0.05, 0.1) is 19.1 Å². The van der Waals surface area contributed by atoms with E-state index in [2.05, 4.69) is 10.3 Å². The molecule has 3 aromatic carbocycles. The zero-order valence-electron chi connectivity index (χ0n) is 21.7. The number of ketones is 2. The molecule has 1 amide bonds. The number of methoxy groups -OCH3 is 1. The maximum Gasteiger partial charge on any atom is 0.238 e. The average Bonchev–Trinajstić information content (AvgIpc) is 3.49. The lowest BCUT2D eigenvalue weighted by Crippen LogP contribution is -2.49. The molecule has 7 nitrogen and oxygen atoms in total. The third-order valence-corrected chi connectivity index (χ3v) is 8.39. The van der Waals surface area contributed by atoms with Crippen LogP contribution in [0.25, 0.3) is 6.08 Å². The summed E-state index contributed by atoms with van der Waals surface area (Å²) in [5.74, 6) is -1.46. The summed E-state index contributed by atoms with van der Waals surface area (Å²) in [5, 5.41) is 3.06. The lowest BCUT2D eigenvalue weighted by Gasteiger charge is -2.38. The molecule has 4 atom stereocenters. The number of pyridine rings is 1. The second-order valence-corrected chi connectivity index (χ2v) is 10.3. The number of hydrogen-bond donors (Lipinski definition) is 1. The first-order valence-corrected chi connectivity index (χ1v) is 13.1. The third kappa shape index (κ3) is 3.24. The summed E-state index contributed by atoms with van der Waals surface area (Å²) in [6.07, 6.45) is 5.36. The first-order valence-electron chi connectivity index (χ1n) is 13.1. The van der Waals surface area contributed by atoms with Crippen molar-refractivity contribution in [2.24, 2.45) is 5.92 Å². The number of anilines is 1. The van der Waals surface area contributed by atoms with Crippen molar-refractivity contribution in [1.82, 2.24) is 9.88 Å². The number of aromatic nitrogens is 1. The van der Waals surface area contributed by atoms with E-state index in [0.29, 0.717) is 22.6 Å². The Labute approximate surface area is 231 Å². The fraction of sp³-hybridized carbons (Fsp3) is 0.152. The Morgan fingerprint density at radius 3 is 2.55 bits per heavy atom. The quantitative estimate of drug-likeness (QED) is 0.365. The van der Waals surface area contributed by atoms with Gasteiger partial charge in [-0.15, -0.1) is 0 Å². The SMILES string of the molecule is COc1cccc(C(=O)[C@@H]2[C@@H](C(=O)c3ccccn3)N3C=Cc4ccccc4[C@@H]3[C@]23C(=O)Nc2ccccc23)c1. The summed E-state index contributed by atoms with van der Waals surface area (Å²) in [4.78, 5) is 49.8. The van der Waals surface area contributed by atoms with Gasteiger partial charge in [-0.05, 0) is 53.1 Å². The molecule has 0 aliphatic carbocycles. The van der Waals surface area contributed by atoms with Gasteiger partial charge in [0, 0.05) is 23.6 Å². The zero-order chi connectivity index (χ0) is 27.4. The molecule has 1 N–H and O–H groups in total. The Morgan fingerprint density at radius 2 is 1.73 bits per heavy atom. The van der Waals surface area contributed by atoms with Crippen LogP contribution in [-0.2, 0) is 10.2 Å². The van der Waals surface area contributed by atoms with Crippen molar-refractivity contribution in [3.05, 3.63) is 131 Å². The van der Waals surface area contributed by atoms with Crippen LogP contribution in [0.4, 0.5) is 5.69 Å². The first-order chi connectivity index (χ1) is 19.6. The van der Waals surface area contributed by atoms with Gasteiger partial charge in [0.2, 0.25) is 11.7 Å². The predicted molar refractivity (Wildman–Crippen MR) is 150 cm³/mol. The van der Waals surface area contributed by atoms with Gasteiger partial charge in [-0.3, -0.25) is 19.4 Å². The van der Waals surface area contributed by atoms with Crippen LogP contribution in [0.3, 0.4) is 0 Å². The van der Waals surface area contributed by atoms with E-state index >= 15 is 0 Å². The van der Waals surface area contributed by atoms with Crippen molar-refractivity contribution in [2.75, 3.05) is 12.4 Å². The van der Waals surface area contributed by atoms with Crippen molar-refractivity contribution in [3.8, 4) is 5.75 Å². The monoisotopic (exact) mass is 527 g/mol. The first kappa shape index (κ1) is 24.0. The normalized spacial score (nSPS) is 23.8. The number of fused-ring (bicyclic) bond motifs is 6. The van der Waals surface area contributed by atoms with E-state index in [0.717, 1.165) is 11.1 Å². The molecule has 1 aromatic heterocycles. The maximum absolute atomic E-state index is 14.8. The summed E-state index contributed by atoms with van der Waals surface area (Å²) in [6, 6.07) is 25.7. The van der Waals surface area contributed by atoms with Gasteiger partial charge < -0.3 is 15.0 Å². The van der Waals surface area contributed by atoms with Crippen LogP contribution in [0.1, 0.15) is 43.6 Å². The molecule has 0 saturated carbocycles. The van der Waals surface area contributed by atoms with E-state index in [9.17, 15) is 14.4 Å². The van der Waals surface area contributed by atoms with Gasteiger partial charge in [-0.1, -0.05) is 60.7 Å². The van der Waals surface area contributed by atoms with E-state index in [1.165, 1.54) is 7.11 Å². The van der Waals surface area contributed by atoms with Crippen LogP contribution < -0.4 is 10.1 Å². The van der Waals surface area contributed by atoms with Crippen LogP contribution in [0, 0.1) is 5.92 Å². The number of carbonyl (C=O) groups excluding carboxylic acids is 3. The van der Waals surface area contributed by atoms with Gasteiger partial charge in [-0.2, -0.15) is 0 Å². The van der Waals surface area contributed by atoms with E-state index < -0.39 is 23.4 Å². The van der Waals surface area contributed by atoms with E-state index in [1.807, 2.05) is 65.7 Å². The Kier molecular flexibility index (Phi) is 5.42. The molecular formula is C33H25N3O4. The van der Waals surface area contributed by atoms with Gasteiger partial charge in [-0.25, -0.2) is 0 Å². The topological polar surface area (TPSA) is 88.6 Å². The number of hydrogen-bond acceptors (Lipinski definition) is 6. The smallest absolute Gasteiger partial charge is 0.238 e. The fourth-order valence-electron chi connectivity index (χ4n) is 6.78. The maximum atomic E-state index is 14.8. The molecular weight excluding hydrogens is 502 g/mol. The van der Waals surface area contributed by atoms with Crippen molar-refractivity contribution in [3.63, 3.8) is 0 Å². The number of Topliss-reactive ketones (excluding diaryl/α,β-unsaturated/α-hetero) is 2. The van der Waals surface area contributed by atoms with E-state index in [4.69, 9.17) is 4.74 Å². The molecule has 3 aliphatic rings. The number of nitrogens with zero attached hydrogens (tertiary/aromatic N) is 2. The standard InChI is InChI=1S/C33H25N3O4/c1-40-22-11-8-10-21(19-22)29(37)27-28(30(38)26-15-6-7-17-34-26)36-18-16-20-9-2-3-12-23(20)31(36)33(27)24-13-4-5-14-25(24)35-32(33)39/h2-19,27-28,31H,1H3,(H,35,39)/t27-,28-,31+,33+/m0/s1. The molecule has 196 valence electrons. The molecule has 40 heavy (non-hydrogen) atoms. The minimum absolute atomic E-state index is 0.241. The minimum Gasteiger partial charge on any atom is -0.497 e. The lowest BCUT2D eigenvalue weighted by molar-refractivity contribution is -0.122. The Morgan fingerprint density at radius 1 is 0.925 bits per heavy atom. The van der Waals surface area contributed by atoms with Crippen molar-refractivity contribution in [2.45, 2.75) is 17.5 Å². The summed E-state index contributed by atoms with van der Waals surface area (Å²) >= 11 is 0. The molecule has 1 fully saturated rings. The minimum atomic E-state index is -1.38. The molecule has 0 bridgehead atoms. The van der Waals surface area contributed by atoms with Gasteiger partial charge in [0.15, 0.2) is 5.78 Å². The van der Waals surface area contributed by atoms with Crippen molar-refractivity contribution < 1.29 is 19.1 Å². The zero-order valence-corrected chi connectivity index (χ0v) is 21.7. The number of carbonyl (C=O) groups is 3. The Bertz CT molecular complexity index is 1720. The molecule has 7 rings (SSSR count). The van der Waals surface area contributed by atoms with Crippen LogP contribution in [0.5, 0.6) is 5.75 Å². The number of amides is 1. The number of ether oxygens (including phenoxy) is 1. The van der Waals surface area contributed by atoms with Crippen molar-refractivity contribution >= 4 is 29.2 Å². The molecule has 1 spiro atoms. The number of nitrogens with one attached hydrogen (secondary N) is 1. The highest BCUT2D eigenvalue weighted by molar-refractivity contribution is 6.16. The predicted octanol–water partition coefficient (Wildman–Crippen LogP) is 5.07. The Hall–Kier alpha value is -5.04. The molecule has 4 aromatic rings. The highest BCUT2D eigenvalue weighted by atomic mass is 16.5. The van der Waals surface area contributed by atoms with Crippen LogP contribution >= 0.6 is 0 Å². The fourth-order valence-corrected chi connectivity index (χ4v) is 6.78. The second kappa shape index (κ2) is 9.02. The lowest BCUT2D eigenvalue weighted by atomic mass is 9.62. The van der Waals surface area contributed by atoms with E-state index in [1.54, 1.807) is 48.7 Å². The third-order valence-electron chi connectivity index (χ3n) is 8.39. The summed E-state index contributed by atoms with van der Waals surface area (Å²) in [5.41, 5.74) is 2.41. The van der Waals surface area contributed by atoms with Gasteiger partial charge in [0.25, 0.3) is 0 Å². The number of benzene rings is 3. The average molecular weight is 528 g/mol. The van der Waals surface area contributed by atoms with Crippen LogP contribution in [-0.4, -0.2) is 40.5 Å². The highest BCUT2D eigenvalue weighted by Gasteiger charge is 2.70. The molecule has 4 heterocycles.